The molecule has 1 amide bonds. The molecule has 1 aliphatic heterocycles. The Labute approximate surface area is 176 Å². The number of amides is 1. The molecule has 30 heavy (non-hydrogen) atoms. The maximum atomic E-state index is 12.6. The highest BCUT2D eigenvalue weighted by Gasteiger charge is 2.38. The van der Waals surface area contributed by atoms with Gasteiger partial charge in [0.1, 0.15) is 11.4 Å². The van der Waals surface area contributed by atoms with Gasteiger partial charge in [0, 0.05) is 20.2 Å². The standard InChI is InChI=1S/C21H32FN3O5/c1-13(2)18(9-26)23-20(27)17-4-5-19(25-7-16(8-25)28-3)21(24-17)30-11-15-6-14(15)10-29-12-22/h4-5,13-16,18,26H,6-12H2,1-3H3,(H,23,27)/t14-,15?,18-/m1/s1. The summed E-state index contributed by atoms with van der Waals surface area (Å²) in [5.74, 6) is 0.748. The van der Waals surface area contributed by atoms with Crippen LogP contribution < -0.4 is 15.0 Å². The van der Waals surface area contributed by atoms with Crippen LogP contribution in [0.3, 0.4) is 0 Å². The number of hydrogen-bond donors (Lipinski definition) is 2. The summed E-state index contributed by atoms with van der Waals surface area (Å²) in [4.78, 5) is 19.2. The average Bonchev–Trinajstić information content (AvgIpc) is 3.46. The minimum Gasteiger partial charge on any atom is -0.476 e. The van der Waals surface area contributed by atoms with Crippen LogP contribution in [-0.2, 0) is 9.47 Å². The lowest BCUT2D eigenvalue weighted by Gasteiger charge is -2.40. The van der Waals surface area contributed by atoms with Gasteiger partial charge >= 0.3 is 0 Å². The third-order valence-corrected chi connectivity index (χ3v) is 5.83. The van der Waals surface area contributed by atoms with Crippen molar-refractivity contribution in [1.29, 1.82) is 0 Å². The number of ether oxygens (including phenoxy) is 3. The summed E-state index contributed by atoms with van der Waals surface area (Å²) in [6, 6.07) is 3.16. The largest absolute Gasteiger partial charge is 0.476 e. The number of pyridine rings is 1. The van der Waals surface area contributed by atoms with E-state index >= 15 is 0 Å². The number of anilines is 1. The topological polar surface area (TPSA) is 93.2 Å². The second kappa shape index (κ2) is 10.4. The van der Waals surface area contributed by atoms with Crippen molar-refractivity contribution >= 4 is 11.6 Å². The number of halogens is 1. The molecule has 1 unspecified atom stereocenters. The number of nitrogens with zero attached hydrogens (tertiary/aromatic N) is 2. The van der Waals surface area contributed by atoms with Crippen LogP contribution in [-0.4, -0.2) is 75.0 Å². The summed E-state index contributed by atoms with van der Waals surface area (Å²) in [6.07, 6.45) is 1.10. The fraction of sp³-hybridized carbons (Fsp3) is 0.714. The van der Waals surface area contributed by atoms with Gasteiger partial charge in [-0.05, 0) is 36.3 Å². The van der Waals surface area contributed by atoms with Gasteiger partial charge in [0.05, 0.1) is 32.0 Å². The molecule has 2 aliphatic rings. The molecule has 3 rings (SSSR count). The number of aliphatic hydroxyl groups is 1. The van der Waals surface area contributed by atoms with Crippen LogP contribution in [0.5, 0.6) is 5.88 Å². The Morgan fingerprint density at radius 3 is 2.70 bits per heavy atom. The smallest absolute Gasteiger partial charge is 0.270 e. The third kappa shape index (κ3) is 5.59. The number of hydrogen-bond acceptors (Lipinski definition) is 7. The average molecular weight is 426 g/mol. The number of rotatable bonds is 12. The number of carbonyl (C=O) groups excluding carboxylic acids is 1. The van der Waals surface area contributed by atoms with E-state index in [2.05, 4.69) is 15.2 Å². The first kappa shape index (κ1) is 22.7. The van der Waals surface area contributed by atoms with Gasteiger partial charge in [-0.1, -0.05) is 13.8 Å². The Bertz CT molecular complexity index is 714. The van der Waals surface area contributed by atoms with E-state index in [-0.39, 0.29) is 36.3 Å². The molecule has 1 aliphatic carbocycles. The molecule has 1 saturated heterocycles. The van der Waals surface area contributed by atoms with Crippen LogP contribution in [0.25, 0.3) is 0 Å². The molecule has 0 spiro atoms. The number of nitrogens with one attached hydrogen (secondary N) is 1. The molecule has 168 valence electrons. The summed E-state index contributed by atoms with van der Waals surface area (Å²) in [7, 11) is 1.68. The normalized spacial score (nSPS) is 22.0. The van der Waals surface area contributed by atoms with Crippen molar-refractivity contribution in [2.45, 2.75) is 32.4 Å². The van der Waals surface area contributed by atoms with Crippen LogP contribution in [0.1, 0.15) is 30.8 Å². The molecule has 0 radical (unpaired) electrons. The van der Waals surface area contributed by atoms with Crippen LogP contribution in [0.2, 0.25) is 0 Å². The van der Waals surface area contributed by atoms with Crippen molar-refractivity contribution < 1.29 is 28.5 Å². The summed E-state index contributed by atoms with van der Waals surface area (Å²) in [5, 5.41) is 12.3. The third-order valence-electron chi connectivity index (χ3n) is 5.83. The van der Waals surface area contributed by atoms with Crippen molar-refractivity contribution in [1.82, 2.24) is 10.3 Å². The maximum Gasteiger partial charge on any atom is 0.270 e. The molecule has 2 heterocycles. The highest BCUT2D eigenvalue weighted by molar-refractivity contribution is 5.93. The molecule has 0 aromatic carbocycles. The number of alkyl halides is 1. The first-order chi connectivity index (χ1) is 14.5. The fourth-order valence-corrected chi connectivity index (χ4v) is 3.46. The van der Waals surface area contributed by atoms with E-state index in [1.807, 2.05) is 19.9 Å². The van der Waals surface area contributed by atoms with Crippen LogP contribution in [0, 0.1) is 17.8 Å². The van der Waals surface area contributed by atoms with Gasteiger partial charge in [0.15, 0.2) is 6.86 Å². The zero-order chi connectivity index (χ0) is 21.7. The number of carbonyl (C=O) groups is 1. The molecule has 2 N–H and O–H groups in total. The lowest BCUT2D eigenvalue weighted by molar-refractivity contribution is 0.0475. The summed E-state index contributed by atoms with van der Waals surface area (Å²) in [5.41, 5.74) is 1.06. The molecule has 1 saturated carbocycles. The van der Waals surface area contributed by atoms with E-state index in [0.717, 1.165) is 25.2 Å². The number of aliphatic hydroxyl groups excluding tert-OH is 1. The SMILES string of the molecule is COC1CN(c2ccc(C(=O)N[C@H](CO)C(C)C)nc2OCC2C[C@@H]2COCF)C1. The van der Waals surface area contributed by atoms with Gasteiger partial charge in [-0.3, -0.25) is 4.79 Å². The quantitative estimate of drug-likeness (QED) is 0.526. The lowest BCUT2D eigenvalue weighted by atomic mass is 10.1. The Hall–Kier alpha value is -1.97. The van der Waals surface area contributed by atoms with E-state index in [0.29, 0.717) is 30.9 Å². The van der Waals surface area contributed by atoms with Gasteiger partial charge in [-0.2, -0.15) is 0 Å². The fourth-order valence-electron chi connectivity index (χ4n) is 3.46. The predicted octanol–water partition coefficient (Wildman–Crippen LogP) is 1.62. The Balaban J connectivity index is 1.68. The summed E-state index contributed by atoms with van der Waals surface area (Å²) < 4.78 is 28.3. The second-order valence-electron chi connectivity index (χ2n) is 8.34. The minimum absolute atomic E-state index is 0.0966. The lowest BCUT2D eigenvalue weighted by Crippen LogP contribution is -2.52. The zero-order valence-corrected chi connectivity index (χ0v) is 17.8. The highest BCUT2D eigenvalue weighted by Crippen LogP contribution is 2.40. The zero-order valence-electron chi connectivity index (χ0n) is 17.8. The monoisotopic (exact) mass is 425 g/mol. The van der Waals surface area contributed by atoms with Gasteiger partial charge in [0.2, 0.25) is 5.88 Å². The van der Waals surface area contributed by atoms with Gasteiger partial charge in [0.25, 0.3) is 5.91 Å². The van der Waals surface area contributed by atoms with Crippen molar-refractivity contribution in [2.75, 3.05) is 51.8 Å². The summed E-state index contributed by atoms with van der Waals surface area (Å²) in [6.45, 7) is 5.26. The summed E-state index contributed by atoms with van der Waals surface area (Å²) >= 11 is 0. The minimum atomic E-state index is -0.770. The van der Waals surface area contributed by atoms with Crippen LogP contribution >= 0.6 is 0 Å². The van der Waals surface area contributed by atoms with Crippen LogP contribution in [0.15, 0.2) is 12.1 Å². The molecule has 1 aromatic rings. The van der Waals surface area contributed by atoms with Crippen LogP contribution in [0.4, 0.5) is 10.1 Å². The Morgan fingerprint density at radius 2 is 2.07 bits per heavy atom. The Kier molecular flexibility index (Phi) is 7.85. The van der Waals surface area contributed by atoms with E-state index in [1.165, 1.54) is 0 Å². The number of aromatic nitrogens is 1. The molecule has 9 heteroatoms. The molecule has 0 bridgehead atoms. The Morgan fingerprint density at radius 1 is 1.33 bits per heavy atom. The van der Waals surface area contributed by atoms with E-state index < -0.39 is 6.86 Å². The first-order valence-electron chi connectivity index (χ1n) is 10.4. The second-order valence-corrected chi connectivity index (χ2v) is 8.34. The van der Waals surface area contributed by atoms with Crippen molar-refractivity contribution in [3.63, 3.8) is 0 Å². The molecule has 3 atom stereocenters. The van der Waals surface area contributed by atoms with Gasteiger partial charge in [-0.15, -0.1) is 0 Å². The van der Waals surface area contributed by atoms with Gasteiger partial charge in [-0.25, -0.2) is 9.37 Å². The molecule has 2 fully saturated rings. The van der Waals surface area contributed by atoms with Crippen molar-refractivity contribution in [3.05, 3.63) is 17.8 Å². The first-order valence-corrected chi connectivity index (χ1v) is 10.4. The van der Waals surface area contributed by atoms with E-state index in [1.54, 1.807) is 13.2 Å². The molecule has 1 aromatic heterocycles. The van der Waals surface area contributed by atoms with E-state index in [4.69, 9.17) is 14.2 Å². The predicted molar refractivity (Wildman–Crippen MR) is 109 cm³/mol. The van der Waals surface area contributed by atoms with E-state index in [9.17, 15) is 14.3 Å². The number of methoxy groups -OCH3 is 1. The molecule has 8 nitrogen and oxygen atoms in total. The highest BCUT2D eigenvalue weighted by atomic mass is 19.1. The maximum absolute atomic E-state index is 12.6. The molecular formula is C21H32FN3O5. The van der Waals surface area contributed by atoms with Crippen molar-refractivity contribution in [2.24, 2.45) is 17.8 Å². The van der Waals surface area contributed by atoms with Crippen molar-refractivity contribution in [3.8, 4) is 5.88 Å². The van der Waals surface area contributed by atoms with Gasteiger partial charge < -0.3 is 29.5 Å². The molecular weight excluding hydrogens is 393 g/mol.